The van der Waals surface area contributed by atoms with Gasteiger partial charge in [0, 0.05) is 6.04 Å². The molecule has 1 atom stereocenters. The van der Waals surface area contributed by atoms with Crippen molar-refractivity contribution in [3.63, 3.8) is 0 Å². The highest BCUT2D eigenvalue weighted by Crippen LogP contribution is 2.27. The monoisotopic (exact) mass is 289 g/mol. The average Bonchev–Trinajstić information content (AvgIpc) is 2.24. The molecular weight excluding hydrogens is 277 g/mol. The lowest BCUT2D eigenvalue weighted by molar-refractivity contribution is 0.0695. The maximum Gasteiger partial charge on any atom is 0.336 e. The Kier molecular flexibility index (Phi) is 4.29. The molecule has 0 bridgehead atoms. The first-order valence-electron chi connectivity index (χ1n) is 4.95. The zero-order valence-corrected chi connectivity index (χ0v) is 10.6. The predicted molar refractivity (Wildman–Crippen MR) is 64.4 cm³/mol. The van der Waals surface area contributed by atoms with Gasteiger partial charge in [0.2, 0.25) is 0 Å². The summed E-state index contributed by atoms with van der Waals surface area (Å²) in [4.78, 5) is 10.7. The van der Waals surface area contributed by atoms with E-state index in [0.717, 1.165) is 6.42 Å². The summed E-state index contributed by atoms with van der Waals surface area (Å²) in [6.07, 6.45) is 0.859. The van der Waals surface area contributed by atoms with Crippen molar-refractivity contribution in [2.75, 3.05) is 5.32 Å². The van der Waals surface area contributed by atoms with Crippen molar-refractivity contribution >= 4 is 27.6 Å². The zero-order chi connectivity index (χ0) is 12.3. The van der Waals surface area contributed by atoms with E-state index >= 15 is 0 Å². The molecule has 0 fully saturated rings. The summed E-state index contributed by atoms with van der Waals surface area (Å²) in [6.45, 7) is 3.91. The van der Waals surface area contributed by atoms with Gasteiger partial charge in [-0.05, 0) is 41.4 Å². The van der Waals surface area contributed by atoms with E-state index in [9.17, 15) is 9.18 Å². The molecule has 5 heteroatoms. The Hall–Kier alpha value is -1.10. The molecule has 1 aromatic carbocycles. The number of hydrogen-bond acceptors (Lipinski definition) is 2. The topological polar surface area (TPSA) is 49.3 Å². The molecule has 0 aliphatic rings. The van der Waals surface area contributed by atoms with Crippen molar-refractivity contribution in [1.29, 1.82) is 0 Å². The molecule has 1 unspecified atom stereocenters. The lowest BCUT2D eigenvalue weighted by Gasteiger charge is -2.14. The van der Waals surface area contributed by atoms with E-state index in [0.29, 0.717) is 5.69 Å². The smallest absolute Gasteiger partial charge is 0.336 e. The fourth-order valence-corrected chi connectivity index (χ4v) is 1.71. The molecule has 1 aromatic rings. The van der Waals surface area contributed by atoms with Gasteiger partial charge in [0.1, 0.15) is 0 Å². The number of rotatable bonds is 4. The molecule has 0 aliphatic carbocycles. The van der Waals surface area contributed by atoms with Gasteiger partial charge < -0.3 is 10.4 Å². The highest BCUT2D eigenvalue weighted by molar-refractivity contribution is 9.10. The molecule has 1 rings (SSSR count). The van der Waals surface area contributed by atoms with Gasteiger partial charge >= 0.3 is 5.97 Å². The lowest BCUT2D eigenvalue weighted by atomic mass is 10.1. The molecular formula is C11H13BrFNO2. The number of anilines is 1. The third kappa shape index (κ3) is 2.72. The van der Waals surface area contributed by atoms with Crippen molar-refractivity contribution in [2.45, 2.75) is 26.3 Å². The highest BCUT2D eigenvalue weighted by atomic mass is 79.9. The van der Waals surface area contributed by atoms with E-state index in [-0.39, 0.29) is 16.1 Å². The van der Waals surface area contributed by atoms with Crippen LogP contribution in [-0.2, 0) is 0 Å². The number of hydrogen-bond donors (Lipinski definition) is 2. The molecule has 0 saturated carbocycles. The van der Waals surface area contributed by atoms with Crippen LogP contribution in [0.1, 0.15) is 30.6 Å². The van der Waals surface area contributed by atoms with Crippen molar-refractivity contribution in [3.05, 3.63) is 28.0 Å². The van der Waals surface area contributed by atoms with Gasteiger partial charge in [-0.25, -0.2) is 9.18 Å². The van der Waals surface area contributed by atoms with Crippen LogP contribution in [0.3, 0.4) is 0 Å². The standard InChI is InChI=1S/C11H13BrFNO2/c1-3-6(2)14-8-5-4-7(11(15)16)9(12)10(8)13/h4-6,14H,3H2,1-2H3,(H,15,16). The number of carboxylic acid groups (broad SMARTS) is 1. The van der Waals surface area contributed by atoms with E-state index < -0.39 is 11.8 Å². The average molecular weight is 290 g/mol. The number of carboxylic acids is 1. The maximum absolute atomic E-state index is 13.7. The zero-order valence-electron chi connectivity index (χ0n) is 9.05. The summed E-state index contributed by atoms with van der Waals surface area (Å²) in [5.41, 5.74) is 0.235. The summed E-state index contributed by atoms with van der Waals surface area (Å²) in [6, 6.07) is 2.95. The van der Waals surface area contributed by atoms with Gasteiger partial charge in [-0.3, -0.25) is 0 Å². The summed E-state index contributed by atoms with van der Waals surface area (Å²) < 4.78 is 13.7. The number of benzene rings is 1. The van der Waals surface area contributed by atoms with Crippen LogP contribution in [0.5, 0.6) is 0 Å². The Morgan fingerprint density at radius 3 is 2.75 bits per heavy atom. The molecule has 0 spiro atoms. The second-order valence-electron chi connectivity index (χ2n) is 3.55. The third-order valence-electron chi connectivity index (χ3n) is 2.33. The third-order valence-corrected chi connectivity index (χ3v) is 3.10. The first kappa shape index (κ1) is 13.0. The Bertz CT molecular complexity index is 409. The summed E-state index contributed by atoms with van der Waals surface area (Å²) >= 11 is 2.95. The summed E-state index contributed by atoms with van der Waals surface area (Å²) in [5.74, 6) is -1.72. The minimum Gasteiger partial charge on any atom is -0.478 e. The Labute approximate surface area is 102 Å². The van der Waals surface area contributed by atoms with E-state index in [2.05, 4.69) is 21.2 Å². The van der Waals surface area contributed by atoms with Crippen molar-refractivity contribution in [1.82, 2.24) is 0 Å². The molecule has 2 N–H and O–H groups in total. The molecule has 0 radical (unpaired) electrons. The van der Waals surface area contributed by atoms with Crippen LogP contribution in [0, 0.1) is 5.82 Å². The quantitative estimate of drug-likeness (QED) is 0.892. The van der Waals surface area contributed by atoms with Crippen LogP contribution >= 0.6 is 15.9 Å². The number of halogens is 2. The molecule has 0 aliphatic heterocycles. The minimum atomic E-state index is -1.15. The minimum absolute atomic E-state index is 0.0201. The number of carbonyl (C=O) groups is 1. The van der Waals surface area contributed by atoms with Crippen molar-refractivity contribution in [2.24, 2.45) is 0 Å². The van der Waals surface area contributed by atoms with Crippen molar-refractivity contribution < 1.29 is 14.3 Å². The van der Waals surface area contributed by atoms with Gasteiger partial charge in [-0.2, -0.15) is 0 Å². The first-order valence-corrected chi connectivity index (χ1v) is 5.74. The lowest BCUT2D eigenvalue weighted by Crippen LogP contribution is -2.15. The van der Waals surface area contributed by atoms with Crippen LogP contribution in [0.4, 0.5) is 10.1 Å². The highest BCUT2D eigenvalue weighted by Gasteiger charge is 2.16. The number of aromatic carboxylic acids is 1. The van der Waals surface area contributed by atoms with Gasteiger partial charge in [0.25, 0.3) is 0 Å². The Morgan fingerprint density at radius 2 is 2.25 bits per heavy atom. The van der Waals surface area contributed by atoms with Crippen LogP contribution < -0.4 is 5.32 Å². The fourth-order valence-electron chi connectivity index (χ4n) is 1.19. The molecule has 0 amide bonds. The molecule has 88 valence electrons. The summed E-state index contributed by atoms with van der Waals surface area (Å²) in [7, 11) is 0. The predicted octanol–water partition coefficient (Wildman–Crippen LogP) is 3.50. The normalized spacial score (nSPS) is 12.2. The molecule has 16 heavy (non-hydrogen) atoms. The largest absolute Gasteiger partial charge is 0.478 e. The van der Waals surface area contributed by atoms with Crippen LogP contribution in [0.2, 0.25) is 0 Å². The van der Waals surface area contributed by atoms with E-state index in [4.69, 9.17) is 5.11 Å². The Balaban J connectivity index is 3.07. The second-order valence-corrected chi connectivity index (χ2v) is 4.34. The molecule has 0 saturated heterocycles. The van der Waals surface area contributed by atoms with Gasteiger partial charge in [0.15, 0.2) is 5.82 Å². The molecule has 0 heterocycles. The number of nitrogens with one attached hydrogen (secondary N) is 1. The van der Waals surface area contributed by atoms with E-state index in [1.165, 1.54) is 12.1 Å². The SMILES string of the molecule is CCC(C)Nc1ccc(C(=O)O)c(Br)c1F. The van der Waals surface area contributed by atoms with Crippen LogP contribution in [-0.4, -0.2) is 17.1 Å². The molecule has 3 nitrogen and oxygen atoms in total. The first-order chi connectivity index (χ1) is 7.47. The molecule has 0 aromatic heterocycles. The van der Waals surface area contributed by atoms with Crippen molar-refractivity contribution in [3.8, 4) is 0 Å². The van der Waals surface area contributed by atoms with Gasteiger partial charge in [-0.1, -0.05) is 6.92 Å². The summed E-state index contributed by atoms with van der Waals surface area (Å²) in [5, 5.41) is 11.8. The van der Waals surface area contributed by atoms with Crippen LogP contribution in [0.25, 0.3) is 0 Å². The van der Waals surface area contributed by atoms with Crippen LogP contribution in [0.15, 0.2) is 16.6 Å². The fraction of sp³-hybridized carbons (Fsp3) is 0.364. The van der Waals surface area contributed by atoms with E-state index in [1.54, 1.807) is 0 Å². The maximum atomic E-state index is 13.7. The Morgan fingerprint density at radius 1 is 1.62 bits per heavy atom. The van der Waals surface area contributed by atoms with E-state index in [1.807, 2.05) is 13.8 Å². The van der Waals surface area contributed by atoms with Gasteiger partial charge in [0.05, 0.1) is 15.7 Å². The second kappa shape index (κ2) is 5.30. The van der Waals surface area contributed by atoms with Gasteiger partial charge in [-0.15, -0.1) is 0 Å².